The molecule has 0 saturated carbocycles. The molecule has 126 valence electrons. The number of hydrogen-bond donors (Lipinski definition) is 1. The van der Waals surface area contributed by atoms with Crippen molar-refractivity contribution in [2.45, 2.75) is 20.3 Å². The minimum absolute atomic E-state index is 0.0236. The SMILES string of the molecule is CC(=O)N(CCNC(=O)c1ccc(C)cc1)CCc1ccccc1. The first kappa shape index (κ1) is 17.7. The topological polar surface area (TPSA) is 49.4 Å². The maximum Gasteiger partial charge on any atom is 0.251 e. The molecular formula is C20H24N2O2. The third kappa shape index (κ3) is 5.54. The van der Waals surface area contributed by atoms with Crippen LogP contribution in [0.1, 0.15) is 28.4 Å². The van der Waals surface area contributed by atoms with Crippen molar-refractivity contribution in [2.24, 2.45) is 0 Å². The summed E-state index contributed by atoms with van der Waals surface area (Å²) < 4.78 is 0. The van der Waals surface area contributed by atoms with Gasteiger partial charge in [-0.05, 0) is 31.0 Å². The maximum absolute atomic E-state index is 12.1. The van der Waals surface area contributed by atoms with Crippen molar-refractivity contribution in [2.75, 3.05) is 19.6 Å². The van der Waals surface area contributed by atoms with Gasteiger partial charge < -0.3 is 10.2 Å². The summed E-state index contributed by atoms with van der Waals surface area (Å²) in [7, 11) is 0. The average Bonchev–Trinajstić information content (AvgIpc) is 2.59. The molecule has 0 bridgehead atoms. The van der Waals surface area contributed by atoms with Crippen molar-refractivity contribution in [3.05, 3.63) is 71.3 Å². The van der Waals surface area contributed by atoms with Crippen LogP contribution in [0.5, 0.6) is 0 Å². The van der Waals surface area contributed by atoms with Crippen molar-refractivity contribution >= 4 is 11.8 Å². The lowest BCUT2D eigenvalue weighted by atomic mass is 10.1. The summed E-state index contributed by atoms with van der Waals surface area (Å²) in [4.78, 5) is 25.6. The molecule has 4 nitrogen and oxygen atoms in total. The zero-order valence-corrected chi connectivity index (χ0v) is 14.3. The summed E-state index contributed by atoms with van der Waals surface area (Å²) in [5, 5.41) is 2.87. The van der Waals surface area contributed by atoms with Gasteiger partial charge in [-0.1, -0.05) is 48.0 Å². The number of amides is 2. The van der Waals surface area contributed by atoms with E-state index in [0.717, 1.165) is 12.0 Å². The van der Waals surface area contributed by atoms with E-state index in [1.54, 1.807) is 11.8 Å². The van der Waals surface area contributed by atoms with E-state index in [9.17, 15) is 9.59 Å². The lowest BCUT2D eigenvalue weighted by Gasteiger charge is -2.21. The Morgan fingerprint density at radius 1 is 0.958 bits per heavy atom. The van der Waals surface area contributed by atoms with Gasteiger partial charge in [0.15, 0.2) is 0 Å². The molecule has 0 atom stereocenters. The molecule has 0 saturated heterocycles. The Kier molecular flexibility index (Phi) is 6.55. The molecule has 0 fully saturated rings. The van der Waals surface area contributed by atoms with Crippen LogP contribution in [0.4, 0.5) is 0 Å². The molecule has 0 aromatic heterocycles. The van der Waals surface area contributed by atoms with Crippen LogP contribution >= 0.6 is 0 Å². The summed E-state index contributed by atoms with van der Waals surface area (Å²) in [5.41, 5.74) is 2.96. The Balaban J connectivity index is 1.80. The highest BCUT2D eigenvalue weighted by atomic mass is 16.2. The standard InChI is InChI=1S/C20H24N2O2/c1-16-8-10-19(11-9-16)20(24)21-13-15-22(17(2)23)14-12-18-6-4-3-5-7-18/h3-11H,12-15H2,1-2H3,(H,21,24). The number of nitrogens with zero attached hydrogens (tertiary/aromatic N) is 1. The lowest BCUT2D eigenvalue weighted by molar-refractivity contribution is -0.128. The minimum atomic E-state index is -0.110. The van der Waals surface area contributed by atoms with Crippen LogP contribution in [0.2, 0.25) is 0 Å². The van der Waals surface area contributed by atoms with Crippen LogP contribution in [-0.2, 0) is 11.2 Å². The summed E-state index contributed by atoms with van der Waals surface area (Å²) in [6, 6.07) is 17.5. The fourth-order valence-corrected chi connectivity index (χ4v) is 2.45. The van der Waals surface area contributed by atoms with Crippen molar-refractivity contribution < 1.29 is 9.59 Å². The van der Waals surface area contributed by atoms with Gasteiger partial charge in [0.25, 0.3) is 5.91 Å². The summed E-state index contributed by atoms with van der Waals surface area (Å²) >= 11 is 0. The van der Waals surface area contributed by atoms with Gasteiger partial charge in [0.05, 0.1) is 0 Å². The van der Waals surface area contributed by atoms with E-state index in [-0.39, 0.29) is 11.8 Å². The normalized spacial score (nSPS) is 10.2. The van der Waals surface area contributed by atoms with Gasteiger partial charge in [0.2, 0.25) is 5.91 Å². The molecule has 0 unspecified atom stereocenters. The molecule has 4 heteroatoms. The number of aryl methyl sites for hydroxylation is 1. The van der Waals surface area contributed by atoms with E-state index >= 15 is 0 Å². The molecule has 2 aromatic carbocycles. The highest BCUT2D eigenvalue weighted by Gasteiger charge is 2.10. The van der Waals surface area contributed by atoms with Gasteiger partial charge in [-0.3, -0.25) is 9.59 Å². The third-order valence-electron chi connectivity index (χ3n) is 3.94. The highest BCUT2D eigenvalue weighted by molar-refractivity contribution is 5.94. The van der Waals surface area contributed by atoms with Crippen molar-refractivity contribution in [3.8, 4) is 0 Å². The van der Waals surface area contributed by atoms with Gasteiger partial charge >= 0.3 is 0 Å². The van der Waals surface area contributed by atoms with Crippen LogP contribution in [0.25, 0.3) is 0 Å². The van der Waals surface area contributed by atoms with Crippen LogP contribution in [-0.4, -0.2) is 36.3 Å². The van der Waals surface area contributed by atoms with E-state index in [1.807, 2.05) is 49.4 Å². The average molecular weight is 324 g/mol. The number of hydrogen-bond acceptors (Lipinski definition) is 2. The first-order valence-corrected chi connectivity index (χ1v) is 8.20. The van der Waals surface area contributed by atoms with Crippen LogP contribution < -0.4 is 5.32 Å². The number of benzene rings is 2. The van der Waals surface area contributed by atoms with E-state index in [1.165, 1.54) is 5.56 Å². The smallest absolute Gasteiger partial charge is 0.251 e. The van der Waals surface area contributed by atoms with Crippen LogP contribution in [0, 0.1) is 6.92 Å². The quantitative estimate of drug-likeness (QED) is 0.851. The monoisotopic (exact) mass is 324 g/mol. The molecule has 2 aromatic rings. The molecule has 0 spiro atoms. The Hall–Kier alpha value is -2.62. The molecule has 0 aliphatic heterocycles. The van der Waals surface area contributed by atoms with E-state index in [4.69, 9.17) is 0 Å². The second kappa shape index (κ2) is 8.87. The van der Waals surface area contributed by atoms with Crippen molar-refractivity contribution in [1.29, 1.82) is 0 Å². The lowest BCUT2D eigenvalue weighted by Crippen LogP contribution is -2.38. The zero-order valence-electron chi connectivity index (χ0n) is 14.3. The van der Waals surface area contributed by atoms with Gasteiger partial charge in [0, 0.05) is 32.1 Å². The molecular weight excluding hydrogens is 300 g/mol. The van der Waals surface area contributed by atoms with Crippen molar-refractivity contribution in [3.63, 3.8) is 0 Å². The van der Waals surface area contributed by atoms with E-state index in [2.05, 4.69) is 17.4 Å². The second-order valence-electron chi connectivity index (χ2n) is 5.86. The fraction of sp³-hybridized carbons (Fsp3) is 0.300. The van der Waals surface area contributed by atoms with Crippen LogP contribution in [0.15, 0.2) is 54.6 Å². The first-order chi connectivity index (χ1) is 11.6. The fourth-order valence-electron chi connectivity index (χ4n) is 2.45. The van der Waals surface area contributed by atoms with Gasteiger partial charge in [0.1, 0.15) is 0 Å². The zero-order chi connectivity index (χ0) is 17.4. The first-order valence-electron chi connectivity index (χ1n) is 8.20. The van der Waals surface area contributed by atoms with Gasteiger partial charge in [-0.25, -0.2) is 0 Å². The molecule has 2 rings (SSSR count). The maximum atomic E-state index is 12.1. The number of carbonyl (C=O) groups excluding carboxylic acids is 2. The van der Waals surface area contributed by atoms with Crippen LogP contribution in [0.3, 0.4) is 0 Å². The highest BCUT2D eigenvalue weighted by Crippen LogP contribution is 2.03. The number of rotatable bonds is 7. The van der Waals surface area contributed by atoms with Crippen molar-refractivity contribution in [1.82, 2.24) is 10.2 Å². The van der Waals surface area contributed by atoms with E-state index < -0.39 is 0 Å². The molecule has 0 heterocycles. The number of nitrogens with one attached hydrogen (secondary N) is 1. The predicted molar refractivity (Wildman–Crippen MR) is 95.9 cm³/mol. The van der Waals surface area contributed by atoms with Gasteiger partial charge in [-0.15, -0.1) is 0 Å². The third-order valence-corrected chi connectivity index (χ3v) is 3.94. The second-order valence-corrected chi connectivity index (χ2v) is 5.86. The summed E-state index contributed by atoms with van der Waals surface area (Å²) in [5.74, 6) is -0.0860. The minimum Gasteiger partial charge on any atom is -0.350 e. The Labute approximate surface area is 143 Å². The summed E-state index contributed by atoms with van der Waals surface area (Å²) in [6.07, 6.45) is 0.812. The Bertz CT molecular complexity index is 666. The molecule has 1 N–H and O–H groups in total. The Morgan fingerprint density at radius 2 is 1.62 bits per heavy atom. The predicted octanol–water partition coefficient (Wildman–Crippen LogP) is 2.82. The van der Waals surface area contributed by atoms with E-state index in [0.29, 0.717) is 25.2 Å². The molecule has 24 heavy (non-hydrogen) atoms. The largest absolute Gasteiger partial charge is 0.350 e. The van der Waals surface area contributed by atoms with Gasteiger partial charge in [-0.2, -0.15) is 0 Å². The summed E-state index contributed by atoms with van der Waals surface area (Å²) in [6.45, 7) is 5.16. The molecule has 0 aliphatic rings. The molecule has 2 amide bonds. The molecule has 0 radical (unpaired) electrons. The Morgan fingerprint density at radius 3 is 2.25 bits per heavy atom. The number of carbonyl (C=O) groups is 2. The molecule has 0 aliphatic carbocycles.